The molecule has 0 amide bonds. The van der Waals surface area contributed by atoms with Crippen LogP contribution in [-0.2, 0) is 0 Å². The molecule has 2 aromatic rings. The van der Waals surface area contributed by atoms with E-state index in [1.54, 1.807) is 6.33 Å². The molecule has 98 valence electrons. The number of aromatic nitrogens is 2. The number of nitrogens with one attached hydrogen (secondary N) is 1. The van der Waals surface area contributed by atoms with Gasteiger partial charge in [-0.15, -0.1) is 0 Å². The molecule has 1 saturated carbocycles. The quantitative estimate of drug-likeness (QED) is 0.905. The summed E-state index contributed by atoms with van der Waals surface area (Å²) in [5.74, 6) is 1.68. The van der Waals surface area contributed by atoms with E-state index in [1.807, 2.05) is 7.05 Å². The van der Waals surface area contributed by atoms with Crippen LogP contribution in [0, 0.1) is 6.92 Å². The minimum Gasteiger partial charge on any atom is -0.373 e. The van der Waals surface area contributed by atoms with Crippen molar-refractivity contribution in [2.45, 2.75) is 32.1 Å². The van der Waals surface area contributed by atoms with Crippen molar-refractivity contribution in [2.24, 2.45) is 0 Å². The summed E-state index contributed by atoms with van der Waals surface area (Å²) in [5.41, 5.74) is 4.75. The number of rotatable bonds is 3. The molecular formula is C16H19N3. The molecule has 0 unspecified atom stereocenters. The first-order chi connectivity index (χ1) is 9.29. The Morgan fingerprint density at radius 1 is 1.11 bits per heavy atom. The van der Waals surface area contributed by atoms with Gasteiger partial charge in [-0.1, -0.05) is 30.7 Å². The summed E-state index contributed by atoms with van der Waals surface area (Å²) in [4.78, 5) is 8.64. The first-order valence-electron chi connectivity index (χ1n) is 6.89. The Morgan fingerprint density at radius 3 is 2.42 bits per heavy atom. The maximum atomic E-state index is 4.41. The van der Waals surface area contributed by atoms with E-state index in [0.717, 1.165) is 23.0 Å². The minimum atomic E-state index is 0.786. The van der Waals surface area contributed by atoms with E-state index < -0.39 is 0 Å². The molecular weight excluding hydrogens is 234 g/mol. The molecule has 19 heavy (non-hydrogen) atoms. The van der Waals surface area contributed by atoms with Gasteiger partial charge in [0.2, 0.25) is 0 Å². The zero-order valence-electron chi connectivity index (χ0n) is 11.5. The van der Waals surface area contributed by atoms with E-state index in [2.05, 4.69) is 46.5 Å². The Hall–Kier alpha value is -1.90. The zero-order chi connectivity index (χ0) is 13.2. The Balaban J connectivity index is 1.93. The second-order valence-corrected chi connectivity index (χ2v) is 5.20. The van der Waals surface area contributed by atoms with Gasteiger partial charge >= 0.3 is 0 Å². The highest BCUT2D eigenvalue weighted by Crippen LogP contribution is 2.37. The van der Waals surface area contributed by atoms with E-state index in [1.165, 1.54) is 30.4 Å². The minimum absolute atomic E-state index is 0.786. The summed E-state index contributed by atoms with van der Waals surface area (Å²) >= 11 is 0. The molecule has 1 aromatic carbocycles. The van der Waals surface area contributed by atoms with Crippen LogP contribution in [0.5, 0.6) is 0 Å². The van der Waals surface area contributed by atoms with Crippen molar-refractivity contribution >= 4 is 5.82 Å². The Labute approximate surface area is 114 Å². The predicted octanol–water partition coefficient (Wildman–Crippen LogP) is 3.76. The molecule has 0 aliphatic heterocycles. The summed E-state index contributed by atoms with van der Waals surface area (Å²) in [5, 5.41) is 3.10. The van der Waals surface area contributed by atoms with E-state index in [-0.39, 0.29) is 0 Å². The zero-order valence-corrected chi connectivity index (χ0v) is 11.5. The molecule has 0 atom stereocenters. The van der Waals surface area contributed by atoms with Gasteiger partial charge in [-0.3, -0.25) is 0 Å². The molecule has 3 nitrogen and oxygen atoms in total. The highest BCUT2D eigenvalue weighted by Gasteiger charge is 2.19. The normalized spacial score (nSPS) is 15.1. The van der Waals surface area contributed by atoms with Crippen LogP contribution >= 0.6 is 0 Å². The number of benzene rings is 1. The lowest BCUT2D eigenvalue weighted by molar-refractivity contribution is 0.420. The largest absolute Gasteiger partial charge is 0.373 e. The first kappa shape index (κ1) is 12.2. The van der Waals surface area contributed by atoms with Crippen LogP contribution in [0.1, 0.15) is 36.3 Å². The van der Waals surface area contributed by atoms with Crippen molar-refractivity contribution in [3.63, 3.8) is 0 Å². The van der Waals surface area contributed by atoms with E-state index in [4.69, 9.17) is 0 Å². The van der Waals surface area contributed by atoms with E-state index >= 15 is 0 Å². The lowest BCUT2D eigenvalue weighted by Crippen LogP contribution is -2.08. The van der Waals surface area contributed by atoms with Crippen molar-refractivity contribution in [2.75, 3.05) is 12.4 Å². The highest BCUT2D eigenvalue weighted by atomic mass is 15.0. The lowest BCUT2D eigenvalue weighted by Gasteiger charge is -2.25. The van der Waals surface area contributed by atoms with Gasteiger partial charge in [-0.05, 0) is 31.2 Å². The van der Waals surface area contributed by atoms with Gasteiger partial charge in [0, 0.05) is 18.2 Å². The fraction of sp³-hybridized carbons (Fsp3) is 0.375. The predicted molar refractivity (Wildman–Crippen MR) is 78.3 cm³/mol. The molecule has 1 fully saturated rings. The average Bonchev–Trinajstić information content (AvgIpc) is 2.38. The molecule has 1 N–H and O–H groups in total. The third-order valence-corrected chi connectivity index (χ3v) is 4.08. The third-order valence-electron chi connectivity index (χ3n) is 4.08. The molecule has 1 aromatic heterocycles. The maximum absolute atomic E-state index is 4.41. The van der Waals surface area contributed by atoms with Crippen LogP contribution in [0.15, 0.2) is 30.6 Å². The maximum Gasteiger partial charge on any atom is 0.132 e. The second kappa shape index (κ2) is 5.00. The van der Waals surface area contributed by atoms with Crippen LogP contribution in [0.25, 0.3) is 11.3 Å². The molecule has 3 rings (SSSR count). The van der Waals surface area contributed by atoms with Crippen LogP contribution in [0.2, 0.25) is 0 Å². The summed E-state index contributed by atoms with van der Waals surface area (Å²) in [6.07, 6.45) is 5.68. The number of nitrogens with zero attached hydrogens (tertiary/aromatic N) is 2. The van der Waals surface area contributed by atoms with Crippen molar-refractivity contribution in [3.05, 3.63) is 41.7 Å². The molecule has 0 spiro atoms. The first-order valence-corrected chi connectivity index (χ1v) is 6.89. The summed E-state index contributed by atoms with van der Waals surface area (Å²) in [7, 11) is 1.89. The van der Waals surface area contributed by atoms with Gasteiger partial charge < -0.3 is 5.32 Å². The van der Waals surface area contributed by atoms with Crippen LogP contribution in [0.4, 0.5) is 5.82 Å². The molecule has 0 radical (unpaired) electrons. The lowest BCUT2D eigenvalue weighted by atomic mass is 9.80. The van der Waals surface area contributed by atoms with E-state index in [9.17, 15) is 0 Å². The summed E-state index contributed by atoms with van der Waals surface area (Å²) in [6.45, 7) is 2.06. The smallest absolute Gasteiger partial charge is 0.132 e. The van der Waals surface area contributed by atoms with Crippen molar-refractivity contribution in [3.8, 4) is 11.3 Å². The highest BCUT2D eigenvalue weighted by molar-refractivity contribution is 5.67. The standard InChI is InChI=1S/C16H19N3/c1-11-15(18-10-19-16(11)17-2)14-8-6-13(7-9-14)12-4-3-5-12/h6-10,12H,3-5H2,1-2H3,(H,17,18,19). The van der Waals surface area contributed by atoms with Gasteiger partial charge in [-0.2, -0.15) is 0 Å². The molecule has 3 heteroatoms. The topological polar surface area (TPSA) is 37.8 Å². The fourth-order valence-electron chi connectivity index (χ4n) is 2.65. The van der Waals surface area contributed by atoms with Gasteiger partial charge in [0.1, 0.15) is 12.1 Å². The summed E-state index contributed by atoms with van der Waals surface area (Å²) in [6, 6.07) is 8.87. The van der Waals surface area contributed by atoms with Gasteiger partial charge in [0.25, 0.3) is 0 Å². The Bertz CT molecular complexity index is 571. The molecule has 1 heterocycles. The Kier molecular flexibility index (Phi) is 3.20. The molecule has 0 bridgehead atoms. The average molecular weight is 253 g/mol. The van der Waals surface area contributed by atoms with Crippen molar-refractivity contribution in [1.82, 2.24) is 9.97 Å². The van der Waals surface area contributed by atoms with Crippen molar-refractivity contribution in [1.29, 1.82) is 0 Å². The summed E-state index contributed by atoms with van der Waals surface area (Å²) < 4.78 is 0. The van der Waals surface area contributed by atoms with Gasteiger partial charge in [0.15, 0.2) is 0 Å². The SMILES string of the molecule is CNc1ncnc(-c2ccc(C3CCC3)cc2)c1C. The fourth-order valence-corrected chi connectivity index (χ4v) is 2.65. The second-order valence-electron chi connectivity index (χ2n) is 5.20. The number of hydrogen-bond acceptors (Lipinski definition) is 3. The number of anilines is 1. The molecule has 1 aliphatic carbocycles. The van der Waals surface area contributed by atoms with Gasteiger partial charge in [0.05, 0.1) is 5.69 Å². The van der Waals surface area contributed by atoms with Crippen LogP contribution in [-0.4, -0.2) is 17.0 Å². The monoisotopic (exact) mass is 253 g/mol. The van der Waals surface area contributed by atoms with E-state index in [0.29, 0.717) is 0 Å². The van der Waals surface area contributed by atoms with Gasteiger partial charge in [-0.25, -0.2) is 9.97 Å². The Morgan fingerprint density at radius 2 is 1.84 bits per heavy atom. The third kappa shape index (κ3) is 2.21. The molecule has 1 aliphatic rings. The molecule has 0 saturated heterocycles. The van der Waals surface area contributed by atoms with Crippen molar-refractivity contribution < 1.29 is 0 Å². The van der Waals surface area contributed by atoms with Crippen LogP contribution < -0.4 is 5.32 Å². The van der Waals surface area contributed by atoms with Crippen LogP contribution in [0.3, 0.4) is 0 Å². The number of hydrogen-bond donors (Lipinski definition) is 1.